The van der Waals surface area contributed by atoms with Gasteiger partial charge in [-0.25, -0.2) is 13.6 Å². The summed E-state index contributed by atoms with van der Waals surface area (Å²) in [6.07, 6.45) is 0. The molecule has 5 nitrogen and oxygen atoms in total. The van der Waals surface area contributed by atoms with Gasteiger partial charge in [0.25, 0.3) is 5.91 Å². The van der Waals surface area contributed by atoms with Crippen LogP contribution in [0.25, 0.3) is 0 Å². The van der Waals surface area contributed by atoms with Crippen molar-refractivity contribution < 1.29 is 18.4 Å². The fourth-order valence-electron chi connectivity index (χ4n) is 1.87. The fourth-order valence-corrected chi connectivity index (χ4v) is 1.87. The lowest BCUT2D eigenvalue weighted by Crippen LogP contribution is -2.28. The van der Waals surface area contributed by atoms with Crippen molar-refractivity contribution in [2.75, 3.05) is 12.4 Å². The predicted molar refractivity (Wildman–Crippen MR) is 82.0 cm³/mol. The quantitative estimate of drug-likeness (QED) is 0.811. The molecule has 23 heavy (non-hydrogen) atoms. The molecular formula is C16H15F2N3O2. The van der Waals surface area contributed by atoms with E-state index in [4.69, 9.17) is 0 Å². The van der Waals surface area contributed by atoms with Crippen molar-refractivity contribution in [2.45, 2.75) is 6.54 Å². The Morgan fingerprint density at radius 1 is 1.04 bits per heavy atom. The number of amides is 3. The number of rotatable bonds is 4. The van der Waals surface area contributed by atoms with Crippen molar-refractivity contribution in [3.8, 4) is 0 Å². The van der Waals surface area contributed by atoms with Crippen LogP contribution in [0.1, 0.15) is 15.9 Å². The Bertz CT molecular complexity index is 718. The van der Waals surface area contributed by atoms with E-state index in [1.54, 1.807) is 12.1 Å². The zero-order valence-corrected chi connectivity index (χ0v) is 12.3. The highest BCUT2D eigenvalue weighted by atomic mass is 19.1. The topological polar surface area (TPSA) is 70.2 Å². The lowest BCUT2D eigenvalue weighted by Gasteiger charge is -2.09. The Morgan fingerprint density at radius 3 is 2.39 bits per heavy atom. The molecule has 3 amide bonds. The van der Waals surface area contributed by atoms with Gasteiger partial charge in [-0.2, -0.15) is 0 Å². The summed E-state index contributed by atoms with van der Waals surface area (Å²) in [6, 6.07) is 8.86. The van der Waals surface area contributed by atoms with Crippen LogP contribution >= 0.6 is 0 Å². The highest BCUT2D eigenvalue weighted by molar-refractivity contribution is 5.96. The number of carbonyl (C=O) groups is 2. The average Bonchev–Trinajstić information content (AvgIpc) is 2.55. The van der Waals surface area contributed by atoms with E-state index in [0.29, 0.717) is 0 Å². The van der Waals surface area contributed by atoms with Gasteiger partial charge in [0.05, 0.1) is 5.56 Å². The van der Waals surface area contributed by atoms with Gasteiger partial charge in [-0.05, 0) is 35.9 Å². The zero-order chi connectivity index (χ0) is 16.8. The molecule has 0 aliphatic heterocycles. The van der Waals surface area contributed by atoms with Crippen LogP contribution in [-0.2, 0) is 6.54 Å². The molecule has 0 radical (unpaired) electrons. The van der Waals surface area contributed by atoms with Crippen molar-refractivity contribution in [1.82, 2.24) is 10.6 Å². The molecule has 0 saturated heterocycles. The first-order valence-electron chi connectivity index (χ1n) is 6.80. The molecule has 0 atom stereocenters. The molecule has 2 aromatic rings. The van der Waals surface area contributed by atoms with E-state index in [1.807, 2.05) is 0 Å². The van der Waals surface area contributed by atoms with Crippen LogP contribution in [-0.4, -0.2) is 19.0 Å². The number of anilines is 1. The molecule has 0 heterocycles. The molecule has 0 fully saturated rings. The van der Waals surface area contributed by atoms with Crippen molar-refractivity contribution >= 4 is 17.6 Å². The summed E-state index contributed by atoms with van der Waals surface area (Å²) in [6.45, 7) is 0.204. The summed E-state index contributed by atoms with van der Waals surface area (Å²) in [5, 5.41) is 7.39. The van der Waals surface area contributed by atoms with Crippen LogP contribution in [0, 0.1) is 11.6 Å². The summed E-state index contributed by atoms with van der Waals surface area (Å²) in [5.41, 5.74) is 0.845. The third-order valence-electron chi connectivity index (χ3n) is 3.06. The van der Waals surface area contributed by atoms with E-state index in [2.05, 4.69) is 16.0 Å². The monoisotopic (exact) mass is 319 g/mol. The molecule has 0 saturated carbocycles. The Balaban J connectivity index is 1.97. The second kappa shape index (κ2) is 7.35. The number of nitrogens with one attached hydrogen (secondary N) is 3. The minimum atomic E-state index is -0.679. The Kier molecular flexibility index (Phi) is 5.24. The van der Waals surface area contributed by atoms with Crippen LogP contribution in [0.4, 0.5) is 19.3 Å². The van der Waals surface area contributed by atoms with Crippen molar-refractivity contribution in [2.24, 2.45) is 0 Å². The van der Waals surface area contributed by atoms with Gasteiger partial charge in [0.1, 0.15) is 11.6 Å². The van der Waals surface area contributed by atoms with E-state index in [9.17, 15) is 18.4 Å². The second-order valence-electron chi connectivity index (χ2n) is 4.71. The number of hydrogen-bond donors (Lipinski definition) is 3. The summed E-state index contributed by atoms with van der Waals surface area (Å²) in [4.78, 5) is 23.3. The van der Waals surface area contributed by atoms with E-state index in [1.165, 1.54) is 31.3 Å². The van der Waals surface area contributed by atoms with E-state index >= 15 is 0 Å². The first kappa shape index (κ1) is 16.4. The predicted octanol–water partition coefficient (Wildman–Crippen LogP) is 2.65. The Hall–Kier alpha value is -2.96. The molecule has 0 unspecified atom stereocenters. The fraction of sp³-hybridized carbons (Fsp3) is 0.125. The standard InChI is InChI=1S/C16H15F2N3O2/c1-19-15(22)13-8-12(6-7-14(13)18)21-16(23)20-9-10-2-4-11(17)5-3-10/h2-8H,9H2,1H3,(H,19,22)(H2,20,21,23). The second-order valence-corrected chi connectivity index (χ2v) is 4.71. The normalized spacial score (nSPS) is 10.0. The van der Waals surface area contributed by atoms with Gasteiger partial charge in [0.2, 0.25) is 0 Å². The molecule has 120 valence electrons. The summed E-state index contributed by atoms with van der Waals surface area (Å²) >= 11 is 0. The molecule has 2 rings (SSSR count). The SMILES string of the molecule is CNC(=O)c1cc(NC(=O)NCc2ccc(F)cc2)ccc1F. The molecule has 0 spiro atoms. The number of benzene rings is 2. The number of hydrogen-bond acceptors (Lipinski definition) is 2. The smallest absolute Gasteiger partial charge is 0.319 e. The van der Waals surface area contributed by atoms with Gasteiger partial charge in [-0.15, -0.1) is 0 Å². The molecule has 0 bridgehead atoms. The summed E-state index contributed by atoms with van der Waals surface area (Å²) in [7, 11) is 1.39. The molecule has 2 aromatic carbocycles. The van der Waals surface area contributed by atoms with Gasteiger partial charge >= 0.3 is 6.03 Å². The maximum absolute atomic E-state index is 13.5. The third kappa shape index (κ3) is 4.50. The van der Waals surface area contributed by atoms with Crippen LogP contribution < -0.4 is 16.0 Å². The van der Waals surface area contributed by atoms with E-state index < -0.39 is 17.8 Å². The van der Waals surface area contributed by atoms with Crippen LogP contribution in [0.3, 0.4) is 0 Å². The molecule has 0 aromatic heterocycles. The Labute approximate surface area is 131 Å². The number of carbonyl (C=O) groups excluding carboxylic acids is 2. The number of halogens is 2. The van der Waals surface area contributed by atoms with Crippen LogP contribution in [0.15, 0.2) is 42.5 Å². The molecule has 7 heteroatoms. The maximum atomic E-state index is 13.5. The van der Waals surface area contributed by atoms with E-state index in [0.717, 1.165) is 11.6 Å². The largest absolute Gasteiger partial charge is 0.355 e. The molecule has 3 N–H and O–H groups in total. The minimum absolute atomic E-state index is 0.163. The van der Waals surface area contributed by atoms with Crippen LogP contribution in [0.5, 0.6) is 0 Å². The van der Waals surface area contributed by atoms with Crippen molar-refractivity contribution in [1.29, 1.82) is 0 Å². The molecule has 0 aliphatic carbocycles. The average molecular weight is 319 g/mol. The van der Waals surface area contributed by atoms with Gasteiger partial charge in [0.15, 0.2) is 0 Å². The number of urea groups is 1. The van der Waals surface area contributed by atoms with Gasteiger partial charge in [-0.3, -0.25) is 4.79 Å². The van der Waals surface area contributed by atoms with Crippen molar-refractivity contribution in [3.05, 3.63) is 65.2 Å². The first-order valence-corrected chi connectivity index (χ1v) is 6.80. The molecule has 0 aliphatic rings. The van der Waals surface area contributed by atoms with Crippen LogP contribution in [0.2, 0.25) is 0 Å². The lowest BCUT2D eigenvalue weighted by atomic mass is 10.1. The van der Waals surface area contributed by atoms with Crippen molar-refractivity contribution in [3.63, 3.8) is 0 Å². The maximum Gasteiger partial charge on any atom is 0.319 e. The summed E-state index contributed by atoms with van der Waals surface area (Å²) < 4.78 is 26.3. The lowest BCUT2D eigenvalue weighted by molar-refractivity contribution is 0.0959. The highest BCUT2D eigenvalue weighted by Gasteiger charge is 2.12. The molecular weight excluding hydrogens is 304 g/mol. The van der Waals surface area contributed by atoms with E-state index in [-0.39, 0.29) is 23.6 Å². The zero-order valence-electron chi connectivity index (χ0n) is 12.3. The van der Waals surface area contributed by atoms with Gasteiger partial charge in [-0.1, -0.05) is 12.1 Å². The first-order chi connectivity index (χ1) is 11.0. The Morgan fingerprint density at radius 2 is 1.74 bits per heavy atom. The van der Waals surface area contributed by atoms with Gasteiger partial charge < -0.3 is 16.0 Å². The highest BCUT2D eigenvalue weighted by Crippen LogP contribution is 2.14. The van der Waals surface area contributed by atoms with Gasteiger partial charge in [0, 0.05) is 19.3 Å². The third-order valence-corrected chi connectivity index (χ3v) is 3.06. The minimum Gasteiger partial charge on any atom is -0.355 e. The summed E-state index contributed by atoms with van der Waals surface area (Å²) in [5.74, 6) is -1.62.